The molecule has 0 aliphatic heterocycles. The summed E-state index contributed by atoms with van der Waals surface area (Å²) in [6, 6.07) is 4.20. The van der Waals surface area contributed by atoms with Gasteiger partial charge >= 0.3 is 0 Å². The van der Waals surface area contributed by atoms with Gasteiger partial charge in [0.1, 0.15) is 0 Å². The highest BCUT2D eigenvalue weighted by Crippen LogP contribution is 2.29. The molecule has 0 radical (unpaired) electrons. The number of hydrogen-bond acceptors (Lipinski definition) is 3. The van der Waals surface area contributed by atoms with Gasteiger partial charge in [0.2, 0.25) is 5.91 Å². The van der Waals surface area contributed by atoms with Crippen LogP contribution < -0.4 is 15.8 Å². The van der Waals surface area contributed by atoms with Gasteiger partial charge in [-0.2, -0.15) is 0 Å². The van der Waals surface area contributed by atoms with E-state index in [0.29, 0.717) is 18.5 Å². The predicted octanol–water partition coefficient (Wildman–Crippen LogP) is 2.04. The molecule has 0 spiro atoms. The average Bonchev–Trinajstić information content (AvgIpc) is 2.80. The fourth-order valence-electron chi connectivity index (χ4n) is 2.23. The maximum Gasteiger partial charge on any atom is 0.244 e. The highest BCUT2D eigenvalue weighted by molar-refractivity contribution is 5.98. The number of halogens is 1. The van der Waals surface area contributed by atoms with E-state index in [1.165, 1.54) is 25.3 Å². The largest absolute Gasteiger partial charge is 0.494 e. The Hall–Kier alpha value is -1.62. The van der Waals surface area contributed by atoms with E-state index < -0.39 is 11.4 Å². The SMILES string of the molecule is COc1cc(NC(=O)C2(N)CCCC2)ccc1F. The molecule has 4 nitrogen and oxygen atoms in total. The van der Waals surface area contributed by atoms with Crippen LogP contribution in [-0.2, 0) is 4.79 Å². The fourth-order valence-corrected chi connectivity index (χ4v) is 2.23. The van der Waals surface area contributed by atoms with E-state index in [1.54, 1.807) is 0 Å². The van der Waals surface area contributed by atoms with Gasteiger partial charge in [-0.25, -0.2) is 4.39 Å². The Bertz CT molecular complexity index is 456. The minimum Gasteiger partial charge on any atom is -0.494 e. The van der Waals surface area contributed by atoms with Gasteiger partial charge in [-0.05, 0) is 25.0 Å². The number of hydrogen-bond donors (Lipinski definition) is 2. The third-order valence-corrected chi connectivity index (χ3v) is 3.36. The number of carbonyl (C=O) groups is 1. The fraction of sp³-hybridized carbons (Fsp3) is 0.462. The average molecular weight is 252 g/mol. The van der Waals surface area contributed by atoms with Crippen molar-refractivity contribution in [1.82, 2.24) is 0 Å². The molecule has 0 saturated heterocycles. The summed E-state index contributed by atoms with van der Waals surface area (Å²) in [4.78, 5) is 12.1. The minimum atomic E-state index is -0.790. The van der Waals surface area contributed by atoms with Crippen LogP contribution in [0.4, 0.5) is 10.1 Å². The van der Waals surface area contributed by atoms with Crippen LogP contribution in [0.15, 0.2) is 18.2 Å². The second kappa shape index (κ2) is 4.94. The second-order valence-electron chi connectivity index (χ2n) is 4.67. The normalized spacial score (nSPS) is 17.5. The molecular weight excluding hydrogens is 235 g/mol. The number of benzene rings is 1. The lowest BCUT2D eigenvalue weighted by atomic mass is 9.98. The highest BCUT2D eigenvalue weighted by Gasteiger charge is 2.36. The summed E-state index contributed by atoms with van der Waals surface area (Å²) in [5, 5.41) is 2.72. The first-order chi connectivity index (χ1) is 8.55. The molecule has 1 amide bonds. The maximum absolute atomic E-state index is 13.2. The number of nitrogens with two attached hydrogens (primary N) is 1. The van der Waals surface area contributed by atoms with Crippen LogP contribution in [0.3, 0.4) is 0 Å². The zero-order valence-corrected chi connectivity index (χ0v) is 10.3. The molecule has 3 N–H and O–H groups in total. The molecule has 1 aromatic rings. The lowest BCUT2D eigenvalue weighted by molar-refractivity contribution is -0.121. The van der Waals surface area contributed by atoms with Gasteiger partial charge in [-0.1, -0.05) is 12.8 Å². The van der Waals surface area contributed by atoms with Crippen LogP contribution >= 0.6 is 0 Å². The minimum absolute atomic E-state index is 0.102. The Morgan fingerprint density at radius 2 is 2.11 bits per heavy atom. The van der Waals surface area contributed by atoms with Crippen molar-refractivity contribution in [2.24, 2.45) is 5.73 Å². The summed E-state index contributed by atoms with van der Waals surface area (Å²) in [6.07, 6.45) is 3.32. The molecule has 0 unspecified atom stereocenters. The molecule has 0 heterocycles. The lowest BCUT2D eigenvalue weighted by Crippen LogP contribution is -2.48. The number of carbonyl (C=O) groups excluding carboxylic acids is 1. The van der Waals surface area contributed by atoms with Crippen molar-refractivity contribution in [3.05, 3.63) is 24.0 Å². The van der Waals surface area contributed by atoms with Gasteiger partial charge in [-0.15, -0.1) is 0 Å². The number of methoxy groups -OCH3 is 1. The smallest absolute Gasteiger partial charge is 0.244 e. The van der Waals surface area contributed by atoms with Crippen molar-refractivity contribution in [2.75, 3.05) is 12.4 Å². The van der Waals surface area contributed by atoms with E-state index >= 15 is 0 Å². The van der Waals surface area contributed by atoms with Gasteiger partial charge in [0.15, 0.2) is 11.6 Å². The molecule has 1 aliphatic carbocycles. The van der Waals surface area contributed by atoms with E-state index in [4.69, 9.17) is 10.5 Å². The molecule has 1 fully saturated rings. The summed E-state index contributed by atoms with van der Waals surface area (Å²) in [5.74, 6) is -0.571. The molecule has 18 heavy (non-hydrogen) atoms. The van der Waals surface area contributed by atoms with Crippen LogP contribution in [-0.4, -0.2) is 18.6 Å². The van der Waals surface area contributed by atoms with Crippen LogP contribution in [0.25, 0.3) is 0 Å². The number of rotatable bonds is 3. The van der Waals surface area contributed by atoms with Gasteiger partial charge < -0.3 is 15.8 Å². The van der Waals surface area contributed by atoms with Crippen molar-refractivity contribution in [1.29, 1.82) is 0 Å². The van der Waals surface area contributed by atoms with E-state index in [-0.39, 0.29) is 11.7 Å². The van der Waals surface area contributed by atoms with Gasteiger partial charge in [0.25, 0.3) is 0 Å². The van der Waals surface area contributed by atoms with Crippen molar-refractivity contribution in [3.63, 3.8) is 0 Å². The molecule has 98 valence electrons. The number of nitrogens with one attached hydrogen (secondary N) is 1. The summed E-state index contributed by atoms with van der Waals surface area (Å²) in [5.41, 5.74) is 5.74. The summed E-state index contributed by atoms with van der Waals surface area (Å²) < 4.78 is 18.1. The Morgan fingerprint density at radius 3 is 2.72 bits per heavy atom. The predicted molar refractivity (Wildman–Crippen MR) is 67.0 cm³/mol. The second-order valence-corrected chi connectivity index (χ2v) is 4.67. The summed E-state index contributed by atoms with van der Waals surface area (Å²) in [7, 11) is 1.38. The van der Waals surface area contributed by atoms with Crippen LogP contribution in [0.5, 0.6) is 5.75 Å². The lowest BCUT2D eigenvalue weighted by Gasteiger charge is -2.22. The van der Waals surface area contributed by atoms with Crippen molar-refractivity contribution >= 4 is 11.6 Å². The van der Waals surface area contributed by atoms with Crippen molar-refractivity contribution < 1.29 is 13.9 Å². The first-order valence-corrected chi connectivity index (χ1v) is 5.99. The van der Waals surface area contributed by atoms with Gasteiger partial charge in [-0.3, -0.25) is 4.79 Å². The monoisotopic (exact) mass is 252 g/mol. The Morgan fingerprint density at radius 1 is 1.44 bits per heavy atom. The summed E-state index contributed by atoms with van der Waals surface area (Å²) >= 11 is 0. The maximum atomic E-state index is 13.2. The van der Waals surface area contributed by atoms with Crippen LogP contribution in [0.1, 0.15) is 25.7 Å². The third-order valence-electron chi connectivity index (χ3n) is 3.36. The molecule has 0 bridgehead atoms. The summed E-state index contributed by atoms with van der Waals surface area (Å²) in [6.45, 7) is 0. The molecule has 1 aliphatic rings. The molecule has 1 aromatic carbocycles. The Labute approximate surface area is 105 Å². The first-order valence-electron chi connectivity index (χ1n) is 5.99. The van der Waals surface area contributed by atoms with Gasteiger partial charge in [0, 0.05) is 11.8 Å². The number of amides is 1. The van der Waals surface area contributed by atoms with Crippen LogP contribution in [0, 0.1) is 5.82 Å². The molecular formula is C13H17FN2O2. The topological polar surface area (TPSA) is 64.3 Å². The number of ether oxygens (including phenoxy) is 1. The quantitative estimate of drug-likeness (QED) is 0.865. The van der Waals surface area contributed by atoms with E-state index in [1.807, 2.05) is 0 Å². The molecule has 2 rings (SSSR count). The molecule has 0 aromatic heterocycles. The standard InChI is InChI=1S/C13H17FN2O2/c1-18-11-8-9(4-5-10(11)14)16-12(17)13(15)6-2-3-7-13/h4-5,8H,2-3,6-7,15H2,1H3,(H,16,17). The van der Waals surface area contributed by atoms with Crippen molar-refractivity contribution in [2.45, 2.75) is 31.2 Å². The molecule has 5 heteroatoms. The van der Waals surface area contributed by atoms with E-state index in [9.17, 15) is 9.18 Å². The van der Waals surface area contributed by atoms with Gasteiger partial charge in [0.05, 0.1) is 12.6 Å². The zero-order valence-electron chi connectivity index (χ0n) is 10.3. The molecule has 1 saturated carbocycles. The third kappa shape index (κ3) is 2.46. The van der Waals surface area contributed by atoms with Crippen LogP contribution in [0.2, 0.25) is 0 Å². The first kappa shape index (κ1) is 12.8. The Kier molecular flexibility index (Phi) is 3.52. The van der Waals surface area contributed by atoms with Crippen molar-refractivity contribution in [3.8, 4) is 5.75 Å². The Balaban J connectivity index is 2.11. The van der Waals surface area contributed by atoms with E-state index in [2.05, 4.69) is 5.32 Å². The zero-order chi connectivity index (χ0) is 13.2. The van der Waals surface area contributed by atoms with E-state index in [0.717, 1.165) is 12.8 Å². The number of anilines is 1. The molecule has 0 atom stereocenters. The highest BCUT2D eigenvalue weighted by atomic mass is 19.1.